The van der Waals surface area contributed by atoms with Crippen LogP contribution in [0.5, 0.6) is 0 Å². The number of fused-ring (bicyclic) bond motifs is 2. The van der Waals surface area contributed by atoms with Crippen molar-refractivity contribution in [3.8, 4) is 0 Å². The fraction of sp³-hybridized carbons (Fsp3) is 0.594. The zero-order valence-corrected chi connectivity index (χ0v) is 28.2. The van der Waals surface area contributed by atoms with Crippen molar-refractivity contribution in [2.45, 2.75) is 58.7 Å². The van der Waals surface area contributed by atoms with Crippen molar-refractivity contribution in [1.82, 2.24) is 44.7 Å². The summed E-state index contributed by atoms with van der Waals surface area (Å²) in [5.74, 6) is 0.706. The van der Waals surface area contributed by atoms with Gasteiger partial charge in [-0.25, -0.2) is 19.4 Å². The Kier molecular flexibility index (Phi) is 13.0. The number of carbonyl (C=O) groups is 2. The van der Waals surface area contributed by atoms with Crippen LogP contribution in [0.25, 0.3) is 22.2 Å². The van der Waals surface area contributed by atoms with E-state index in [0.717, 1.165) is 30.3 Å². The molecule has 2 amide bonds. The van der Waals surface area contributed by atoms with E-state index in [1.807, 2.05) is 27.8 Å². The molecule has 1 aromatic carbocycles. The maximum Gasteiger partial charge on any atom is 0.328 e. The fourth-order valence-electron chi connectivity index (χ4n) is 5.55. The average molecular weight is 683 g/mol. The number of rotatable bonds is 21. The Hall–Kier alpha value is -4.45. The van der Waals surface area contributed by atoms with Crippen molar-refractivity contribution in [2.75, 3.05) is 71.7 Å². The van der Waals surface area contributed by atoms with Crippen LogP contribution in [0.15, 0.2) is 23.0 Å². The first kappa shape index (κ1) is 35.8. The minimum Gasteiger partial charge on any atom is -0.382 e. The molecule has 5 rings (SSSR count). The van der Waals surface area contributed by atoms with E-state index in [4.69, 9.17) is 24.7 Å². The lowest BCUT2D eigenvalue weighted by Gasteiger charge is -2.37. The number of nitrogens with two attached hydrogens (primary N) is 1. The summed E-state index contributed by atoms with van der Waals surface area (Å²) >= 11 is 0. The predicted octanol–water partition coefficient (Wildman–Crippen LogP) is 0.777. The summed E-state index contributed by atoms with van der Waals surface area (Å²) in [7, 11) is 0. The summed E-state index contributed by atoms with van der Waals surface area (Å²) in [4.78, 5) is 49.9. The highest BCUT2D eigenvalue weighted by Crippen LogP contribution is 2.26. The van der Waals surface area contributed by atoms with Gasteiger partial charge in [0.2, 0.25) is 11.8 Å². The Morgan fingerprint density at radius 1 is 1.02 bits per heavy atom. The number of H-pyrrole nitrogens is 1. The molecule has 0 bridgehead atoms. The van der Waals surface area contributed by atoms with Crippen molar-refractivity contribution in [3.05, 3.63) is 40.1 Å². The van der Waals surface area contributed by atoms with Crippen molar-refractivity contribution < 1.29 is 28.5 Å². The van der Waals surface area contributed by atoms with Crippen molar-refractivity contribution in [1.29, 1.82) is 0 Å². The zero-order chi connectivity index (χ0) is 34.6. The third kappa shape index (κ3) is 10.0. The van der Waals surface area contributed by atoms with E-state index in [0.29, 0.717) is 101 Å². The Bertz CT molecular complexity index is 1750. The molecule has 0 spiro atoms. The molecule has 0 radical (unpaired) electrons. The maximum absolute atomic E-state index is 13.2. The third-order valence-corrected chi connectivity index (χ3v) is 8.27. The highest BCUT2D eigenvalue weighted by molar-refractivity contribution is 5.82. The van der Waals surface area contributed by atoms with Crippen LogP contribution < -0.4 is 16.7 Å². The Morgan fingerprint density at radius 3 is 2.39 bits per heavy atom. The molecule has 1 aliphatic rings. The van der Waals surface area contributed by atoms with Gasteiger partial charge in [0.05, 0.1) is 77.9 Å². The monoisotopic (exact) mass is 682 g/mol. The average Bonchev–Trinajstić information content (AvgIpc) is 3.59. The van der Waals surface area contributed by atoms with Crippen LogP contribution in [0, 0.1) is 6.92 Å². The molecule has 49 heavy (non-hydrogen) atoms. The van der Waals surface area contributed by atoms with E-state index >= 15 is 0 Å². The first-order valence-electron chi connectivity index (χ1n) is 16.7. The number of hydrogen-bond acceptors (Lipinski definition) is 12. The van der Waals surface area contributed by atoms with E-state index in [9.17, 15) is 14.4 Å². The predicted molar refractivity (Wildman–Crippen MR) is 180 cm³/mol. The second kappa shape index (κ2) is 17.8. The minimum atomic E-state index is -0.318. The SMILES string of the molecule is CC(=O)NCCOCCOCCOCCOCCC(=O)N(CCn1nnc2cc(Cn3c(=O)[nH]c4c(N)nc(C)nc43)ccc21)C1CCC1. The van der Waals surface area contributed by atoms with Gasteiger partial charge >= 0.3 is 5.69 Å². The van der Waals surface area contributed by atoms with E-state index < -0.39 is 0 Å². The number of amides is 2. The molecule has 17 heteroatoms. The van der Waals surface area contributed by atoms with Crippen LogP contribution in [-0.2, 0) is 41.6 Å². The molecule has 1 fully saturated rings. The number of ether oxygens (including phenoxy) is 4. The number of aromatic amines is 1. The molecule has 1 saturated carbocycles. The number of nitrogens with one attached hydrogen (secondary N) is 2. The number of imidazole rings is 1. The molecular weight excluding hydrogens is 636 g/mol. The van der Waals surface area contributed by atoms with E-state index in [1.54, 1.807) is 6.92 Å². The summed E-state index contributed by atoms with van der Waals surface area (Å²) in [6.07, 6.45) is 3.41. The van der Waals surface area contributed by atoms with Gasteiger partial charge in [0.25, 0.3) is 0 Å². The molecule has 1 aliphatic carbocycles. The second-order valence-electron chi connectivity index (χ2n) is 11.9. The second-order valence-corrected chi connectivity index (χ2v) is 11.9. The maximum atomic E-state index is 13.2. The molecular formula is C32H46N10O7. The van der Waals surface area contributed by atoms with Gasteiger partial charge in [-0.1, -0.05) is 11.3 Å². The summed E-state index contributed by atoms with van der Waals surface area (Å²) in [6.45, 7) is 8.38. The normalized spacial score (nSPS) is 13.3. The first-order chi connectivity index (χ1) is 23.8. The molecule has 0 aliphatic heterocycles. The standard InChI is InChI=1S/C32H46N10O7/c1-22-35-30(33)29-31(36-22)41(32(45)37-29)21-24-6-7-27-26(20-24)38-39-42(27)11-10-40(25-4-3-5-25)28(44)8-12-46-14-16-48-18-19-49-17-15-47-13-9-34-23(2)43/h6-7,20,25H,3-5,8-19,21H2,1-2H3,(H,34,43)(H,37,45)(H2,33,35,36). The Labute approximate surface area is 283 Å². The summed E-state index contributed by atoms with van der Waals surface area (Å²) in [6, 6.07) is 6.00. The van der Waals surface area contributed by atoms with Gasteiger partial charge in [-0.05, 0) is 43.9 Å². The number of nitrogens with zero attached hydrogens (tertiary/aromatic N) is 7. The molecule has 0 saturated heterocycles. The molecule has 3 aromatic heterocycles. The number of nitrogen functional groups attached to an aromatic ring is 1. The van der Waals surface area contributed by atoms with Crippen molar-refractivity contribution in [2.24, 2.45) is 0 Å². The van der Waals surface area contributed by atoms with Gasteiger partial charge in [0.1, 0.15) is 16.9 Å². The molecule has 4 aromatic rings. The number of aryl methyl sites for hydroxylation is 1. The first-order valence-corrected chi connectivity index (χ1v) is 16.7. The third-order valence-electron chi connectivity index (χ3n) is 8.27. The number of benzene rings is 1. The van der Waals surface area contributed by atoms with Crippen LogP contribution in [0.3, 0.4) is 0 Å². The van der Waals surface area contributed by atoms with E-state index in [1.165, 1.54) is 11.5 Å². The van der Waals surface area contributed by atoms with E-state index in [2.05, 4.69) is 30.6 Å². The van der Waals surface area contributed by atoms with Crippen LogP contribution in [-0.4, -0.2) is 123 Å². The van der Waals surface area contributed by atoms with Gasteiger partial charge in [0.15, 0.2) is 11.5 Å². The molecule has 266 valence electrons. The summed E-state index contributed by atoms with van der Waals surface area (Å²) in [5.41, 5.74) is 8.95. The van der Waals surface area contributed by atoms with Crippen molar-refractivity contribution in [3.63, 3.8) is 0 Å². The smallest absolute Gasteiger partial charge is 0.328 e. The molecule has 4 N–H and O–H groups in total. The summed E-state index contributed by atoms with van der Waals surface area (Å²) in [5, 5.41) is 11.4. The lowest BCUT2D eigenvalue weighted by atomic mass is 9.91. The molecule has 3 heterocycles. The Morgan fingerprint density at radius 2 is 1.71 bits per heavy atom. The minimum absolute atomic E-state index is 0.0638. The highest BCUT2D eigenvalue weighted by Gasteiger charge is 2.28. The molecule has 17 nitrogen and oxygen atoms in total. The summed E-state index contributed by atoms with van der Waals surface area (Å²) < 4.78 is 25.3. The van der Waals surface area contributed by atoms with Crippen LogP contribution in [0.4, 0.5) is 5.82 Å². The quantitative estimate of drug-likeness (QED) is 0.104. The van der Waals surface area contributed by atoms with E-state index in [-0.39, 0.29) is 35.9 Å². The number of hydrogen-bond donors (Lipinski definition) is 3. The lowest BCUT2D eigenvalue weighted by Crippen LogP contribution is -2.46. The van der Waals surface area contributed by atoms with Gasteiger partial charge < -0.3 is 39.9 Å². The van der Waals surface area contributed by atoms with Gasteiger partial charge in [-0.2, -0.15) is 0 Å². The van der Waals surface area contributed by atoms with Gasteiger partial charge in [-0.3, -0.25) is 14.2 Å². The largest absolute Gasteiger partial charge is 0.382 e. The number of anilines is 1. The molecule has 0 atom stereocenters. The van der Waals surface area contributed by atoms with Gasteiger partial charge in [-0.15, -0.1) is 5.10 Å². The topological polar surface area (TPSA) is 207 Å². The number of carbonyl (C=O) groups excluding carboxylic acids is 2. The fourth-order valence-corrected chi connectivity index (χ4v) is 5.55. The Balaban J connectivity index is 1.02. The van der Waals surface area contributed by atoms with Gasteiger partial charge in [0, 0.05) is 26.1 Å². The zero-order valence-electron chi connectivity index (χ0n) is 28.2. The highest BCUT2D eigenvalue weighted by atomic mass is 16.6. The van der Waals surface area contributed by atoms with Crippen LogP contribution >= 0.6 is 0 Å². The van der Waals surface area contributed by atoms with Crippen molar-refractivity contribution >= 4 is 39.8 Å². The van der Waals surface area contributed by atoms with Crippen LogP contribution in [0.2, 0.25) is 0 Å². The lowest BCUT2D eigenvalue weighted by molar-refractivity contribution is -0.136. The molecule has 0 unspecified atom stereocenters. The number of aromatic nitrogens is 7. The van der Waals surface area contributed by atoms with Crippen LogP contribution in [0.1, 0.15) is 44.0 Å².